The first-order valence-corrected chi connectivity index (χ1v) is 8.69. The van der Waals surface area contributed by atoms with Gasteiger partial charge in [-0.1, -0.05) is 6.42 Å². The third kappa shape index (κ3) is 4.18. The van der Waals surface area contributed by atoms with Gasteiger partial charge in [0.2, 0.25) is 5.91 Å². The SMILES string of the molecule is O=C([C@@H]1CCCCN1)N1CCCN(CC2CCCO2)CC1. The van der Waals surface area contributed by atoms with Gasteiger partial charge in [-0.3, -0.25) is 9.69 Å². The van der Waals surface area contributed by atoms with Crippen LogP contribution in [0.15, 0.2) is 0 Å². The van der Waals surface area contributed by atoms with Gasteiger partial charge in [-0.2, -0.15) is 0 Å². The smallest absolute Gasteiger partial charge is 0.239 e. The van der Waals surface area contributed by atoms with Crippen molar-refractivity contribution in [3.63, 3.8) is 0 Å². The van der Waals surface area contributed by atoms with Crippen LogP contribution in [0.25, 0.3) is 0 Å². The normalized spacial score (nSPS) is 32.1. The largest absolute Gasteiger partial charge is 0.377 e. The Balaban J connectivity index is 1.46. The Labute approximate surface area is 128 Å². The molecule has 0 bridgehead atoms. The lowest BCUT2D eigenvalue weighted by Crippen LogP contribution is -2.49. The highest BCUT2D eigenvalue weighted by atomic mass is 16.5. The van der Waals surface area contributed by atoms with Crippen LogP contribution in [0.2, 0.25) is 0 Å². The first-order chi connectivity index (χ1) is 10.3. The van der Waals surface area contributed by atoms with Crippen molar-refractivity contribution >= 4 is 5.91 Å². The number of hydrogen-bond donors (Lipinski definition) is 1. The molecule has 0 aromatic rings. The molecule has 1 unspecified atom stereocenters. The molecule has 3 aliphatic rings. The molecule has 3 aliphatic heterocycles. The Morgan fingerprint density at radius 3 is 2.76 bits per heavy atom. The van der Waals surface area contributed by atoms with Gasteiger partial charge in [-0.25, -0.2) is 0 Å². The summed E-state index contributed by atoms with van der Waals surface area (Å²) in [4.78, 5) is 17.1. The fourth-order valence-electron chi connectivity index (χ4n) is 3.73. The molecule has 1 amide bonds. The molecule has 0 saturated carbocycles. The topological polar surface area (TPSA) is 44.8 Å². The summed E-state index contributed by atoms with van der Waals surface area (Å²) in [6.07, 6.45) is 7.32. The lowest BCUT2D eigenvalue weighted by Gasteiger charge is -2.29. The first kappa shape index (κ1) is 15.3. The van der Waals surface area contributed by atoms with Crippen molar-refractivity contribution in [1.82, 2.24) is 15.1 Å². The van der Waals surface area contributed by atoms with Gasteiger partial charge in [0.25, 0.3) is 0 Å². The van der Waals surface area contributed by atoms with E-state index in [-0.39, 0.29) is 6.04 Å². The number of nitrogens with one attached hydrogen (secondary N) is 1. The van der Waals surface area contributed by atoms with Crippen LogP contribution in [0.1, 0.15) is 38.5 Å². The van der Waals surface area contributed by atoms with Crippen LogP contribution >= 0.6 is 0 Å². The molecule has 5 nitrogen and oxygen atoms in total. The first-order valence-electron chi connectivity index (χ1n) is 8.69. The predicted octanol–water partition coefficient (Wildman–Crippen LogP) is 0.842. The Morgan fingerprint density at radius 1 is 1.05 bits per heavy atom. The van der Waals surface area contributed by atoms with Crippen molar-refractivity contribution in [1.29, 1.82) is 0 Å². The van der Waals surface area contributed by atoms with Gasteiger partial charge in [0.05, 0.1) is 12.1 Å². The molecule has 5 heteroatoms. The Bertz CT molecular complexity index is 338. The zero-order valence-electron chi connectivity index (χ0n) is 13.1. The molecular formula is C16H29N3O2. The summed E-state index contributed by atoms with van der Waals surface area (Å²) in [6.45, 7) is 6.86. The fraction of sp³-hybridized carbons (Fsp3) is 0.938. The lowest BCUT2D eigenvalue weighted by atomic mass is 10.0. The summed E-state index contributed by atoms with van der Waals surface area (Å²) < 4.78 is 5.73. The standard InChI is InChI=1S/C16H29N3O2/c20-16(15-6-1-2-7-17-15)19-9-4-8-18(10-11-19)13-14-5-3-12-21-14/h14-15,17H,1-13H2/t14?,15-/m0/s1. The number of hydrogen-bond acceptors (Lipinski definition) is 4. The van der Waals surface area contributed by atoms with Crippen molar-refractivity contribution in [2.45, 2.75) is 50.7 Å². The summed E-state index contributed by atoms with van der Waals surface area (Å²) >= 11 is 0. The van der Waals surface area contributed by atoms with Gasteiger partial charge in [0, 0.05) is 32.8 Å². The minimum atomic E-state index is 0.0727. The number of carbonyl (C=O) groups excluding carboxylic acids is 1. The number of carbonyl (C=O) groups is 1. The molecule has 21 heavy (non-hydrogen) atoms. The minimum absolute atomic E-state index is 0.0727. The van der Waals surface area contributed by atoms with Crippen molar-refractivity contribution in [3.05, 3.63) is 0 Å². The molecule has 3 heterocycles. The van der Waals surface area contributed by atoms with Crippen LogP contribution in [-0.2, 0) is 9.53 Å². The van der Waals surface area contributed by atoms with E-state index >= 15 is 0 Å². The Hall–Kier alpha value is -0.650. The van der Waals surface area contributed by atoms with Crippen LogP contribution < -0.4 is 5.32 Å². The molecule has 3 rings (SSSR count). The van der Waals surface area contributed by atoms with Gasteiger partial charge < -0.3 is 15.0 Å². The highest BCUT2D eigenvalue weighted by Gasteiger charge is 2.28. The molecule has 3 fully saturated rings. The Kier molecular flexibility index (Phi) is 5.49. The van der Waals surface area contributed by atoms with Crippen molar-refractivity contribution < 1.29 is 9.53 Å². The molecular weight excluding hydrogens is 266 g/mol. The number of rotatable bonds is 3. The summed E-state index contributed by atoms with van der Waals surface area (Å²) in [5.74, 6) is 0.327. The third-order valence-corrected chi connectivity index (χ3v) is 4.99. The zero-order chi connectivity index (χ0) is 14.5. The van der Waals surface area contributed by atoms with E-state index in [4.69, 9.17) is 4.74 Å². The van der Waals surface area contributed by atoms with E-state index in [0.717, 1.165) is 58.7 Å². The van der Waals surface area contributed by atoms with Crippen LogP contribution in [0.4, 0.5) is 0 Å². The maximum Gasteiger partial charge on any atom is 0.239 e. The molecule has 0 radical (unpaired) electrons. The summed E-state index contributed by atoms with van der Waals surface area (Å²) in [7, 11) is 0. The molecule has 3 saturated heterocycles. The predicted molar refractivity (Wildman–Crippen MR) is 82.3 cm³/mol. The van der Waals surface area contributed by atoms with Crippen molar-refractivity contribution in [3.8, 4) is 0 Å². The van der Waals surface area contributed by atoms with Crippen LogP contribution in [0.3, 0.4) is 0 Å². The average Bonchev–Trinajstić information content (AvgIpc) is 2.92. The van der Waals surface area contributed by atoms with E-state index in [2.05, 4.69) is 15.1 Å². The molecule has 120 valence electrons. The molecule has 0 aromatic heterocycles. The maximum atomic E-state index is 12.6. The highest BCUT2D eigenvalue weighted by Crippen LogP contribution is 2.16. The van der Waals surface area contributed by atoms with Crippen LogP contribution in [-0.4, -0.2) is 73.7 Å². The molecule has 1 N–H and O–H groups in total. The fourth-order valence-corrected chi connectivity index (χ4v) is 3.73. The highest BCUT2D eigenvalue weighted by molar-refractivity contribution is 5.82. The number of piperidine rings is 1. The van der Waals surface area contributed by atoms with E-state index in [1.807, 2.05) is 0 Å². The van der Waals surface area contributed by atoms with Crippen LogP contribution in [0.5, 0.6) is 0 Å². The van der Waals surface area contributed by atoms with Crippen LogP contribution in [0, 0.1) is 0 Å². The molecule has 2 atom stereocenters. The second-order valence-electron chi connectivity index (χ2n) is 6.62. The quantitative estimate of drug-likeness (QED) is 0.838. The van der Waals surface area contributed by atoms with Gasteiger partial charge in [-0.05, 0) is 45.2 Å². The monoisotopic (exact) mass is 295 g/mol. The Morgan fingerprint density at radius 2 is 2.00 bits per heavy atom. The molecule has 0 aromatic carbocycles. The molecule has 0 aliphatic carbocycles. The van der Waals surface area contributed by atoms with E-state index in [1.165, 1.54) is 25.7 Å². The van der Waals surface area contributed by atoms with Gasteiger partial charge >= 0.3 is 0 Å². The average molecular weight is 295 g/mol. The second-order valence-corrected chi connectivity index (χ2v) is 6.62. The number of ether oxygens (including phenoxy) is 1. The summed E-state index contributed by atoms with van der Waals surface area (Å²) in [5, 5.41) is 3.38. The maximum absolute atomic E-state index is 12.6. The number of amides is 1. The minimum Gasteiger partial charge on any atom is -0.377 e. The van der Waals surface area contributed by atoms with Gasteiger partial charge in [0.15, 0.2) is 0 Å². The summed E-state index contributed by atoms with van der Waals surface area (Å²) in [6, 6.07) is 0.0727. The van der Waals surface area contributed by atoms with Gasteiger partial charge in [-0.15, -0.1) is 0 Å². The lowest BCUT2D eigenvalue weighted by molar-refractivity contribution is -0.133. The second kappa shape index (κ2) is 7.56. The van der Waals surface area contributed by atoms with E-state index < -0.39 is 0 Å². The van der Waals surface area contributed by atoms with E-state index in [9.17, 15) is 4.79 Å². The van der Waals surface area contributed by atoms with E-state index in [1.54, 1.807) is 0 Å². The van der Waals surface area contributed by atoms with Gasteiger partial charge in [0.1, 0.15) is 0 Å². The number of nitrogens with zero attached hydrogens (tertiary/aromatic N) is 2. The molecule has 0 spiro atoms. The van der Waals surface area contributed by atoms with Crippen molar-refractivity contribution in [2.75, 3.05) is 45.9 Å². The van der Waals surface area contributed by atoms with Crippen molar-refractivity contribution in [2.24, 2.45) is 0 Å². The third-order valence-electron chi connectivity index (χ3n) is 4.99. The summed E-state index contributed by atoms with van der Waals surface area (Å²) in [5.41, 5.74) is 0. The zero-order valence-corrected chi connectivity index (χ0v) is 13.1. The van der Waals surface area contributed by atoms with E-state index in [0.29, 0.717) is 12.0 Å².